The number of rotatable bonds is 11. The van der Waals surface area contributed by atoms with E-state index in [9.17, 15) is 24.0 Å². The summed E-state index contributed by atoms with van der Waals surface area (Å²) in [6.07, 6.45) is 0. The Morgan fingerprint density at radius 1 is 1.15 bits per heavy atom. The summed E-state index contributed by atoms with van der Waals surface area (Å²) in [6, 6.07) is 0. The van der Waals surface area contributed by atoms with Gasteiger partial charge in [-0.2, -0.15) is 12.6 Å². The van der Waals surface area contributed by atoms with Gasteiger partial charge in [-0.1, -0.05) is 0 Å². The van der Waals surface area contributed by atoms with Crippen LogP contribution in [0.15, 0.2) is 0 Å². The van der Waals surface area contributed by atoms with E-state index in [1.165, 1.54) is 13.8 Å². The maximum absolute atomic E-state index is 12.8. The highest BCUT2D eigenvalue weighted by molar-refractivity contribution is 7.99. The minimum absolute atomic E-state index is 0.140. The van der Waals surface area contributed by atoms with Crippen LogP contribution in [0.25, 0.3) is 0 Å². The van der Waals surface area contributed by atoms with Crippen molar-refractivity contribution in [2.24, 2.45) is 5.73 Å². The number of thiol groups is 1. The second-order valence-corrected chi connectivity index (χ2v) is 6.38. The Morgan fingerprint density at radius 2 is 1.73 bits per heavy atom. The average molecular weight is 409 g/mol. The van der Waals surface area contributed by atoms with Gasteiger partial charge in [0.2, 0.25) is 23.3 Å². The molecule has 12 heteroatoms. The zero-order chi connectivity index (χ0) is 20.3. The largest absolute Gasteiger partial charge is 0.467 e. The van der Waals surface area contributed by atoms with Gasteiger partial charge < -0.3 is 26.0 Å². The number of thioether (sulfide) groups is 1. The van der Waals surface area contributed by atoms with Gasteiger partial charge in [-0.15, -0.1) is 11.8 Å². The fourth-order valence-corrected chi connectivity index (χ4v) is 3.24. The second-order valence-electron chi connectivity index (χ2n) is 5.08. The van der Waals surface area contributed by atoms with Crippen LogP contribution in [0.1, 0.15) is 13.8 Å². The van der Waals surface area contributed by atoms with Crippen molar-refractivity contribution in [1.82, 2.24) is 15.5 Å². The first-order valence-corrected chi connectivity index (χ1v) is 9.25. The molecule has 26 heavy (non-hydrogen) atoms. The van der Waals surface area contributed by atoms with Gasteiger partial charge in [0.15, 0.2) is 5.78 Å². The summed E-state index contributed by atoms with van der Waals surface area (Å²) in [7, 11) is 1.07. The predicted molar refractivity (Wildman–Crippen MR) is 99.3 cm³/mol. The van der Waals surface area contributed by atoms with Crippen LogP contribution in [0.2, 0.25) is 0 Å². The second kappa shape index (κ2) is 11.8. The fourth-order valence-electron chi connectivity index (χ4n) is 1.93. The Balaban J connectivity index is 5.68. The molecule has 0 aliphatic rings. The molecular formula is C14H24N4O6S2. The minimum atomic E-state index is -2.06. The number of nitrogens with zero attached hydrogens (tertiary/aromatic N) is 1. The van der Waals surface area contributed by atoms with Crippen LogP contribution in [0.5, 0.6) is 0 Å². The van der Waals surface area contributed by atoms with E-state index < -0.39 is 42.3 Å². The molecule has 0 aromatic rings. The van der Waals surface area contributed by atoms with E-state index in [2.05, 4.69) is 23.3 Å². The summed E-state index contributed by atoms with van der Waals surface area (Å²) >= 11 is 5.12. The number of esters is 1. The summed E-state index contributed by atoms with van der Waals surface area (Å²) < 4.78 is 4.72. The molecule has 0 saturated heterocycles. The van der Waals surface area contributed by atoms with E-state index in [4.69, 9.17) is 10.5 Å². The number of methoxy groups -OCH3 is 1. The monoisotopic (exact) mass is 408 g/mol. The fraction of sp³-hybridized carbons (Fsp3) is 0.643. The lowest BCUT2D eigenvalue weighted by Crippen LogP contribution is -2.67. The van der Waals surface area contributed by atoms with Gasteiger partial charge in [0.05, 0.1) is 32.0 Å². The highest BCUT2D eigenvalue weighted by Gasteiger charge is 2.52. The van der Waals surface area contributed by atoms with E-state index in [-0.39, 0.29) is 23.3 Å². The topological polar surface area (TPSA) is 148 Å². The number of ether oxygens (including phenoxy) is 1. The highest BCUT2D eigenvalue weighted by atomic mass is 32.2. The number of nitrogens with two attached hydrogens (primary N) is 1. The summed E-state index contributed by atoms with van der Waals surface area (Å²) in [5.41, 5.74) is 3.33. The van der Waals surface area contributed by atoms with Crippen molar-refractivity contribution >= 4 is 53.9 Å². The Hall–Kier alpha value is -1.79. The number of ketones is 1. The van der Waals surface area contributed by atoms with Gasteiger partial charge in [-0.25, -0.2) is 4.79 Å². The lowest BCUT2D eigenvalue weighted by atomic mass is 9.94. The lowest BCUT2D eigenvalue weighted by molar-refractivity contribution is -0.164. The molecule has 0 fully saturated rings. The third kappa shape index (κ3) is 6.50. The molecule has 0 aliphatic carbocycles. The van der Waals surface area contributed by atoms with Crippen molar-refractivity contribution in [1.29, 1.82) is 0 Å². The zero-order valence-electron chi connectivity index (χ0n) is 14.9. The standard InChI is InChI=1S/C14H24N4O6S2/c1-9(19)16-7-18(12(22)4-15)14(6-25,13(23)24-3)11(21)5-26-8-17-10(2)20/h25H,4-8,15H2,1-3H3,(H,16,19)(H,17,20)/t14-/m0/s1. The van der Waals surface area contributed by atoms with Gasteiger partial charge in [0, 0.05) is 19.6 Å². The molecule has 0 heterocycles. The summed E-state index contributed by atoms with van der Waals surface area (Å²) in [4.78, 5) is 60.5. The number of carbonyl (C=O) groups excluding carboxylic acids is 5. The van der Waals surface area contributed by atoms with Crippen LogP contribution >= 0.6 is 24.4 Å². The number of nitrogens with one attached hydrogen (secondary N) is 2. The van der Waals surface area contributed by atoms with Gasteiger partial charge in [0.1, 0.15) is 0 Å². The normalized spacial score (nSPS) is 12.5. The Kier molecular flexibility index (Phi) is 10.9. The third-order valence-corrected chi connectivity index (χ3v) is 4.56. The van der Waals surface area contributed by atoms with E-state index >= 15 is 0 Å². The molecule has 1 atom stereocenters. The van der Waals surface area contributed by atoms with Gasteiger partial charge >= 0.3 is 5.97 Å². The van der Waals surface area contributed by atoms with E-state index in [1.54, 1.807) is 0 Å². The molecule has 0 aromatic heterocycles. The van der Waals surface area contributed by atoms with Crippen molar-refractivity contribution in [3.63, 3.8) is 0 Å². The SMILES string of the molecule is COC(=O)[C@](CS)(C(=O)CSCNC(C)=O)N(CNC(C)=O)C(=O)CN. The molecule has 0 aromatic carbocycles. The van der Waals surface area contributed by atoms with Crippen LogP contribution in [0, 0.1) is 0 Å². The Morgan fingerprint density at radius 3 is 2.15 bits per heavy atom. The quantitative estimate of drug-likeness (QED) is 0.102. The van der Waals surface area contributed by atoms with E-state index in [1.807, 2.05) is 0 Å². The third-order valence-electron chi connectivity index (χ3n) is 3.29. The molecule has 0 aliphatic heterocycles. The first-order valence-electron chi connectivity index (χ1n) is 7.47. The van der Waals surface area contributed by atoms with Gasteiger partial charge in [0.25, 0.3) is 0 Å². The maximum Gasteiger partial charge on any atom is 0.340 e. The average Bonchev–Trinajstić information content (AvgIpc) is 2.60. The molecule has 0 spiro atoms. The zero-order valence-corrected chi connectivity index (χ0v) is 16.6. The lowest BCUT2D eigenvalue weighted by Gasteiger charge is -2.39. The molecule has 0 bridgehead atoms. The summed E-state index contributed by atoms with van der Waals surface area (Å²) in [5.74, 6) is -3.57. The van der Waals surface area contributed by atoms with Crippen molar-refractivity contribution in [2.45, 2.75) is 19.4 Å². The first kappa shape index (κ1) is 24.2. The molecule has 0 unspecified atom stereocenters. The van der Waals surface area contributed by atoms with Crippen LogP contribution < -0.4 is 16.4 Å². The van der Waals surface area contributed by atoms with Crippen molar-refractivity contribution in [3.05, 3.63) is 0 Å². The van der Waals surface area contributed by atoms with Crippen LogP contribution in [-0.4, -0.2) is 77.6 Å². The number of amides is 3. The van der Waals surface area contributed by atoms with Crippen LogP contribution in [-0.2, 0) is 28.7 Å². The Bertz CT molecular complexity index is 560. The minimum Gasteiger partial charge on any atom is -0.467 e. The predicted octanol–water partition coefficient (Wildman–Crippen LogP) is -1.90. The van der Waals surface area contributed by atoms with Crippen molar-refractivity contribution in [3.8, 4) is 0 Å². The van der Waals surface area contributed by atoms with Gasteiger partial charge in [-0.05, 0) is 0 Å². The molecule has 0 radical (unpaired) electrons. The van der Waals surface area contributed by atoms with Crippen molar-refractivity contribution in [2.75, 3.05) is 37.7 Å². The van der Waals surface area contributed by atoms with E-state index in [0.717, 1.165) is 23.8 Å². The van der Waals surface area contributed by atoms with Crippen molar-refractivity contribution < 1.29 is 28.7 Å². The number of hydrogen-bond acceptors (Lipinski definition) is 9. The molecule has 0 rings (SSSR count). The van der Waals surface area contributed by atoms with E-state index in [0.29, 0.717) is 0 Å². The highest BCUT2D eigenvalue weighted by Crippen LogP contribution is 2.23. The smallest absolute Gasteiger partial charge is 0.340 e. The number of carbonyl (C=O) groups is 5. The summed E-state index contributed by atoms with van der Waals surface area (Å²) in [6.45, 7) is 1.64. The Labute approximate surface area is 161 Å². The first-order chi connectivity index (χ1) is 12.2. The summed E-state index contributed by atoms with van der Waals surface area (Å²) in [5, 5.41) is 4.87. The maximum atomic E-state index is 12.8. The molecule has 148 valence electrons. The molecule has 4 N–H and O–H groups in total. The number of Topliss-reactive ketones (excluding diaryl/α,β-unsaturated/α-hetero) is 1. The molecule has 3 amide bonds. The van der Waals surface area contributed by atoms with Gasteiger partial charge in [-0.3, -0.25) is 19.2 Å². The number of hydrogen-bond donors (Lipinski definition) is 4. The molecular weight excluding hydrogens is 384 g/mol. The van der Waals surface area contributed by atoms with Crippen LogP contribution in [0.3, 0.4) is 0 Å². The molecule has 10 nitrogen and oxygen atoms in total. The van der Waals surface area contributed by atoms with Crippen LogP contribution in [0.4, 0.5) is 0 Å². The molecule has 0 saturated carbocycles.